The van der Waals surface area contributed by atoms with Gasteiger partial charge in [-0.15, -0.1) is 11.1 Å². The molecule has 0 fully saturated rings. The molecule has 98 valence electrons. The maximum Gasteiger partial charge on any atom is 0.292 e. The third-order valence-corrected chi connectivity index (χ3v) is 7.60. The highest BCUT2D eigenvalue weighted by molar-refractivity contribution is 7.03. The van der Waals surface area contributed by atoms with Gasteiger partial charge in [-0.25, -0.2) is 0 Å². The largest absolute Gasteiger partial charge is 0.298 e. The molecule has 4 heteroatoms. The van der Waals surface area contributed by atoms with E-state index in [2.05, 4.69) is 64.5 Å². The van der Waals surface area contributed by atoms with Gasteiger partial charge in [-0.3, -0.25) is 9.13 Å². The van der Waals surface area contributed by atoms with Crippen LogP contribution in [0.1, 0.15) is 55.4 Å². The molecule has 0 atom stereocenters. The minimum Gasteiger partial charge on any atom is -0.298 e. The maximum absolute atomic E-state index is 6.78. The Balaban J connectivity index is 4.88. The zero-order chi connectivity index (χ0) is 13.0. The lowest BCUT2D eigenvalue weighted by Gasteiger charge is -2.43. The third kappa shape index (κ3) is 4.36. The van der Waals surface area contributed by atoms with Gasteiger partial charge in [0.1, 0.15) is 0 Å². The summed E-state index contributed by atoms with van der Waals surface area (Å²) in [4.78, 5) is 0. The summed E-state index contributed by atoms with van der Waals surface area (Å²) in [6.45, 7) is 17.9. The lowest BCUT2D eigenvalue weighted by molar-refractivity contribution is 0.232. The van der Waals surface area contributed by atoms with Crippen molar-refractivity contribution in [1.82, 2.24) is 9.13 Å². The normalized spacial score (nSPS) is 13.5. The maximum atomic E-state index is 6.78. The van der Waals surface area contributed by atoms with Crippen LogP contribution < -0.4 is 0 Å². The van der Waals surface area contributed by atoms with Gasteiger partial charge >= 0.3 is 0 Å². The van der Waals surface area contributed by atoms with Gasteiger partial charge in [0.15, 0.2) is 0 Å². The molecule has 0 N–H and O–H groups in total. The second kappa shape index (κ2) is 6.99. The zero-order valence-corrected chi connectivity index (χ0v) is 14.1. The quantitative estimate of drug-likeness (QED) is 0.537. The predicted molar refractivity (Wildman–Crippen MR) is 77.2 cm³/mol. The van der Waals surface area contributed by atoms with Crippen LogP contribution in [0, 0.1) is 0 Å². The molecule has 0 aliphatic rings. The van der Waals surface area contributed by atoms with Gasteiger partial charge in [0.2, 0.25) is 0 Å². The molecule has 2 nitrogen and oxygen atoms in total. The van der Waals surface area contributed by atoms with E-state index in [-0.39, 0.29) is 0 Å². The summed E-state index contributed by atoms with van der Waals surface area (Å²) in [6.07, 6.45) is 0. The Morgan fingerprint density at radius 1 is 0.625 bits per heavy atom. The molecule has 0 spiro atoms. The number of halogens is 1. The molecule has 0 saturated carbocycles. The Morgan fingerprint density at radius 3 is 0.938 bits per heavy atom. The number of nitrogens with zero attached hydrogens (tertiary/aromatic N) is 2. The number of hydrogen-bond acceptors (Lipinski definition) is 2. The summed E-state index contributed by atoms with van der Waals surface area (Å²) in [5, 5.41) is 0. The third-order valence-electron chi connectivity index (χ3n) is 2.88. The van der Waals surface area contributed by atoms with E-state index in [0.29, 0.717) is 24.2 Å². The second-order valence-electron chi connectivity index (χ2n) is 5.58. The first-order valence-electron chi connectivity index (χ1n) is 6.39. The van der Waals surface area contributed by atoms with Crippen molar-refractivity contribution in [3.8, 4) is 0 Å². The van der Waals surface area contributed by atoms with E-state index in [1.807, 2.05) is 0 Å². The van der Waals surface area contributed by atoms with Crippen molar-refractivity contribution in [3.05, 3.63) is 0 Å². The molecule has 0 aromatic rings. The summed E-state index contributed by atoms with van der Waals surface area (Å²) in [5.41, 5.74) is 0. The minimum atomic E-state index is -1.52. The monoisotopic (exact) mass is 264 g/mol. The Kier molecular flexibility index (Phi) is 7.18. The lowest BCUT2D eigenvalue weighted by Crippen LogP contribution is -2.58. The van der Waals surface area contributed by atoms with E-state index in [9.17, 15) is 0 Å². The van der Waals surface area contributed by atoms with Gasteiger partial charge in [-0.2, -0.15) is 0 Å². The number of hydrogen-bond donors (Lipinski definition) is 0. The fraction of sp³-hybridized carbons (Fsp3) is 1.00. The zero-order valence-electron chi connectivity index (χ0n) is 12.2. The summed E-state index contributed by atoms with van der Waals surface area (Å²) >= 11 is 6.78. The summed E-state index contributed by atoms with van der Waals surface area (Å²) in [7, 11) is -1.52. The molecule has 0 amide bonds. The molecule has 0 radical (unpaired) electrons. The van der Waals surface area contributed by atoms with E-state index in [4.69, 9.17) is 11.1 Å². The molecule has 0 saturated heterocycles. The Hall–Kier alpha value is 0.427. The molecule has 0 rings (SSSR count). The average molecular weight is 265 g/mol. The molecule has 0 aliphatic carbocycles. The van der Waals surface area contributed by atoms with Crippen LogP contribution in [0.2, 0.25) is 0 Å². The standard InChI is InChI=1S/C12H29ClN2Si/c1-9(2)14(10(3)4)16(13)15(11(5)6)12(7)8/h9-12,16H,1-8H3. The smallest absolute Gasteiger partial charge is 0.292 e. The molecule has 16 heavy (non-hydrogen) atoms. The van der Waals surface area contributed by atoms with Gasteiger partial charge < -0.3 is 0 Å². The van der Waals surface area contributed by atoms with Gasteiger partial charge in [0.25, 0.3) is 8.43 Å². The van der Waals surface area contributed by atoms with Crippen LogP contribution in [0.5, 0.6) is 0 Å². The van der Waals surface area contributed by atoms with E-state index < -0.39 is 8.43 Å². The summed E-state index contributed by atoms with van der Waals surface area (Å²) in [5.74, 6) is 0. The molecular weight excluding hydrogens is 236 g/mol. The van der Waals surface area contributed by atoms with E-state index in [1.165, 1.54) is 0 Å². The van der Waals surface area contributed by atoms with Crippen LogP contribution in [-0.2, 0) is 0 Å². The fourth-order valence-electron chi connectivity index (χ4n) is 2.33. The van der Waals surface area contributed by atoms with Crippen LogP contribution >= 0.6 is 11.1 Å². The second-order valence-corrected chi connectivity index (χ2v) is 8.57. The van der Waals surface area contributed by atoms with Crippen LogP contribution in [-0.4, -0.2) is 41.7 Å². The van der Waals surface area contributed by atoms with Crippen molar-refractivity contribution in [2.24, 2.45) is 0 Å². The SMILES string of the molecule is CC(C)N(C(C)C)[SiH](Cl)N(C(C)C)C(C)C. The van der Waals surface area contributed by atoms with Crippen LogP contribution in [0.3, 0.4) is 0 Å². The summed E-state index contributed by atoms with van der Waals surface area (Å²) < 4.78 is 4.98. The highest BCUT2D eigenvalue weighted by Crippen LogP contribution is 2.19. The first-order valence-corrected chi connectivity index (χ1v) is 9.16. The van der Waals surface area contributed by atoms with Crippen molar-refractivity contribution in [1.29, 1.82) is 0 Å². The Bertz CT molecular complexity index is 159. The Labute approximate surface area is 108 Å². The molecule has 0 bridgehead atoms. The van der Waals surface area contributed by atoms with E-state index in [0.717, 1.165) is 0 Å². The highest BCUT2D eigenvalue weighted by Gasteiger charge is 2.32. The topological polar surface area (TPSA) is 6.48 Å². The Morgan fingerprint density at radius 2 is 0.812 bits per heavy atom. The van der Waals surface area contributed by atoms with Crippen LogP contribution in [0.15, 0.2) is 0 Å². The first-order chi connectivity index (χ1) is 7.20. The molecule has 0 heterocycles. The first kappa shape index (κ1) is 16.4. The fourth-order valence-corrected chi connectivity index (χ4v) is 7.31. The van der Waals surface area contributed by atoms with Gasteiger partial charge in [-0.05, 0) is 24.2 Å². The highest BCUT2D eigenvalue weighted by atomic mass is 35.6. The van der Waals surface area contributed by atoms with E-state index >= 15 is 0 Å². The molecular formula is C12H29ClN2Si. The van der Waals surface area contributed by atoms with Gasteiger partial charge in [-0.1, -0.05) is 55.4 Å². The van der Waals surface area contributed by atoms with Crippen molar-refractivity contribution < 1.29 is 0 Å². The predicted octanol–water partition coefficient (Wildman–Crippen LogP) is 3.18. The van der Waals surface area contributed by atoms with Crippen molar-refractivity contribution in [2.45, 2.75) is 79.6 Å². The number of rotatable bonds is 6. The molecule has 0 aliphatic heterocycles. The lowest BCUT2D eigenvalue weighted by atomic mass is 10.3. The molecule has 0 unspecified atom stereocenters. The van der Waals surface area contributed by atoms with Crippen molar-refractivity contribution in [2.75, 3.05) is 0 Å². The van der Waals surface area contributed by atoms with Crippen molar-refractivity contribution >= 4 is 19.5 Å². The van der Waals surface area contributed by atoms with Gasteiger partial charge in [0.05, 0.1) is 0 Å². The minimum absolute atomic E-state index is 0.522. The van der Waals surface area contributed by atoms with Crippen molar-refractivity contribution in [3.63, 3.8) is 0 Å². The van der Waals surface area contributed by atoms with Gasteiger partial charge in [0, 0.05) is 0 Å². The summed E-state index contributed by atoms with van der Waals surface area (Å²) in [6, 6.07) is 2.09. The van der Waals surface area contributed by atoms with E-state index in [1.54, 1.807) is 0 Å². The van der Waals surface area contributed by atoms with Crippen LogP contribution in [0.25, 0.3) is 0 Å². The van der Waals surface area contributed by atoms with Crippen LogP contribution in [0.4, 0.5) is 0 Å². The average Bonchev–Trinajstić information content (AvgIpc) is 1.99. The molecule has 0 aromatic heterocycles. The molecule has 0 aromatic carbocycles.